The zero-order valence-corrected chi connectivity index (χ0v) is 12.3. The summed E-state index contributed by atoms with van der Waals surface area (Å²) in [6.07, 6.45) is 3.85. The fourth-order valence-corrected chi connectivity index (χ4v) is 3.84. The topological polar surface area (TPSA) is 41.6 Å². The molecule has 1 amide bonds. The molecule has 4 rings (SSSR count). The van der Waals surface area contributed by atoms with Crippen LogP contribution in [0.3, 0.4) is 0 Å². The Morgan fingerprint density at radius 3 is 3.10 bits per heavy atom. The Morgan fingerprint density at radius 1 is 1.33 bits per heavy atom. The number of carbonyl (C=O) groups excluding carboxylic acids is 1. The summed E-state index contributed by atoms with van der Waals surface area (Å²) >= 11 is 0. The van der Waals surface area contributed by atoms with Crippen LogP contribution in [0.2, 0.25) is 0 Å². The van der Waals surface area contributed by atoms with Crippen LogP contribution in [0.1, 0.15) is 36.4 Å². The summed E-state index contributed by atoms with van der Waals surface area (Å²) in [5, 5.41) is 3.45. The molecule has 0 spiro atoms. The molecular formula is C17H20N2O2. The van der Waals surface area contributed by atoms with E-state index in [0.717, 1.165) is 50.1 Å². The molecule has 0 radical (unpaired) electrons. The number of rotatable bonds is 1. The van der Waals surface area contributed by atoms with Crippen molar-refractivity contribution in [3.05, 3.63) is 40.6 Å². The number of hydrogen-bond donors (Lipinski definition) is 1. The Morgan fingerprint density at radius 2 is 2.24 bits per heavy atom. The number of amides is 1. The number of hydrogen-bond acceptors (Lipinski definition) is 3. The molecule has 0 fully saturated rings. The van der Waals surface area contributed by atoms with E-state index in [4.69, 9.17) is 4.74 Å². The van der Waals surface area contributed by atoms with E-state index in [-0.39, 0.29) is 11.9 Å². The normalized spacial score (nSPS) is 24.0. The lowest BCUT2D eigenvalue weighted by atomic mass is 9.84. The van der Waals surface area contributed by atoms with Crippen molar-refractivity contribution >= 4 is 5.91 Å². The average molecular weight is 284 g/mol. The van der Waals surface area contributed by atoms with Gasteiger partial charge in [0.2, 0.25) is 0 Å². The van der Waals surface area contributed by atoms with E-state index in [2.05, 4.69) is 22.3 Å². The maximum atomic E-state index is 12.7. The average Bonchev–Trinajstić information content (AvgIpc) is 2.54. The summed E-state index contributed by atoms with van der Waals surface area (Å²) in [4.78, 5) is 14.8. The lowest BCUT2D eigenvalue weighted by Gasteiger charge is -2.43. The minimum Gasteiger partial charge on any atom is -0.497 e. The Hall–Kier alpha value is -1.97. The number of carbonyl (C=O) groups is 1. The van der Waals surface area contributed by atoms with Gasteiger partial charge in [-0.1, -0.05) is 6.07 Å². The molecule has 3 aliphatic rings. The number of nitrogens with zero attached hydrogens (tertiary/aromatic N) is 1. The third kappa shape index (κ3) is 1.93. The first-order chi connectivity index (χ1) is 10.3. The van der Waals surface area contributed by atoms with Gasteiger partial charge in [0, 0.05) is 30.8 Å². The van der Waals surface area contributed by atoms with E-state index in [1.165, 1.54) is 16.8 Å². The molecule has 0 saturated heterocycles. The van der Waals surface area contributed by atoms with Crippen LogP contribution in [0.5, 0.6) is 5.75 Å². The number of benzene rings is 1. The van der Waals surface area contributed by atoms with Gasteiger partial charge in [0.05, 0.1) is 13.2 Å². The molecule has 0 bridgehead atoms. The number of methoxy groups -OCH3 is 1. The fourth-order valence-electron chi connectivity index (χ4n) is 3.84. The minimum atomic E-state index is 0.191. The maximum Gasteiger partial charge on any atom is 0.252 e. The van der Waals surface area contributed by atoms with Crippen LogP contribution in [0, 0.1) is 0 Å². The molecular weight excluding hydrogens is 264 g/mol. The molecule has 1 aromatic carbocycles. The van der Waals surface area contributed by atoms with Crippen molar-refractivity contribution in [2.75, 3.05) is 20.2 Å². The Kier molecular flexibility index (Phi) is 2.91. The van der Waals surface area contributed by atoms with E-state index in [1.54, 1.807) is 7.11 Å². The van der Waals surface area contributed by atoms with Gasteiger partial charge in [-0.2, -0.15) is 0 Å². The second-order valence-electron chi connectivity index (χ2n) is 6.02. The van der Waals surface area contributed by atoms with E-state index in [9.17, 15) is 4.79 Å². The van der Waals surface area contributed by atoms with Crippen LogP contribution < -0.4 is 10.1 Å². The second kappa shape index (κ2) is 4.79. The quantitative estimate of drug-likeness (QED) is 0.859. The first kappa shape index (κ1) is 12.7. The lowest BCUT2D eigenvalue weighted by Crippen LogP contribution is -2.46. The van der Waals surface area contributed by atoms with Gasteiger partial charge in [0.25, 0.3) is 5.91 Å². The van der Waals surface area contributed by atoms with Crippen molar-refractivity contribution in [1.29, 1.82) is 0 Å². The molecule has 3 aliphatic heterocycles. The van der Waals surface area contributed by atoms with Gasteiger partial charge in [0.15, 0.2) is 0 Å². The Labute approximate surface area is 124 Å². The number of ether oxygens (including phenoxy) is 1. The van der Waals surface area contributed by atoms with E-state index in [0.29, 0.717) is 0 Å². The van der Waals surface area contributed by atoms with E-state index in [1.807, 2.05) is 6.07 Å². The minimum absolute atomic E-state index is 0.191. The highest BCUT2D eigenvalue weighted by atomic mass is 16.5. The Balaban J connectivity index is 1.74. The van der Waals surface area contributed by atoms with Gasteiger partial charge in [0.1, 0.15) is 5.75 Å². The maximum absolute atomic E-state index is 12.7. The zero-order valence-electron chi connectivity index (χ0n) is 12.3. The van der Waals surface area contributed by atoms with E-state index < -0.39 is 0 Å². The van der Waals surface area contributed by atoms with Crippen LogP contribution in [0.15, 0.2) is 29.5 Å². The summed E-state index contributed by atoms with van der Waals surface area (Å²) in [6, 6.07) is 6.45. The molecule has 1 atom stereocenters. The van der Waals surface area contributed by atoms with Crippen molar-refractivity contribution in [2.45, 2.75) is 31.7 Å². The molecule has 0 aliphatic carbocycles. The molecule has 21 heavy (non-hydrogen) atoms. The second-order valence-corrected chi connectivity index (χ2v) is 6.02. The van der Waals surface area contributed by atoms with Crippen molar-refractivity contribution in [3.8, 4) is 5.75 Å². The van der Waals surface area contributed by atoms with Gasteiger partial charge < -0.3 is 15.0 Å². The standard InChI is InChI=1S/C17H20N2O2/c1-21-12-4-5-13-11(9-12)6-8-19-16(13)10-15-14(17(19)20)3-2-7-18-15/h4-5,9,16,18H,2-3,6-8,10H2,1H3. The SMILES string of the molecule is COc1ccc2c(c1)CCN1C(=O)C3=C(CC21)NCCC3. The molecule has 0 aromatic heterocycles. The van der Waals surface area contributed by atoms with Crippen LogP contribution in [0.4, 0.5) is 0 Å². The highest BCUT2D eigenvalue weighted by Gasteiger charge is 2.38. The van der Waals surface area contributed by atoms with Crippen LogP contribution in [0.25, 0.3) is 0 Å². The molecule has 1 unspecified atom stereocenters. The lowest BCUT2D eigenvalue weighted by molar-refractivity contribution is -0.131. The summed E-state index contributed by atoms with van der Waals surface area (Å²) in [5.74, 6) is 1.15. The van der Waals surface area contributed by atoms with Crippen LogP contribution in [-0.4, -0.2) is 31.0 Å². The van der Waals surface area contributed by atoms with Crippen LogP contribution >= 0.6 is 0 Å². The van der Waals surface area contributed by atoms with Gasteiger partial charge in [-0.25, -0.2) is 0 Å². The molecule has 4 heteroatoms. The predicted octanol–water partition coefficient (Wildman–Crippen LogP) is 2.16. The summed E-state index contributed by atoms with van der Waals surface area (Å²) in [6.45, 7) is 1.81. The molecule has 4 nitrogen and oxygen atoms in total. The summed E-state index contributed by atoms with van der Waals surface area (Å²) in [5.41, 5.74) is 4.81. The van der Waals surface area contributed by atoms with Gasteiger partial charge in [-0.05, 0) is 42.5 Å². The molecule has 1 aromatic rings. The summed E-state index contributed by atoms with van der Waals surface area (Å²) < 4.78 is 5.32. The van der Waals surface area contributed by atoms with Crippen molar-refractivity contribution in [2.24, 2.45) is 0 Å². The molecule has 0 saturated carbocycles. The summed E-state index contributed by atoms with van der Waals surface area (Å²) in [7, 11) is 1.70. The number of fused-ring (bicyclic) bond motifs is 3. The fraction of sp³-hybridized carbons (Fsp3) is 0.471. The van der Waals surface area contributed by atoms with Gasteiger partial charge >= 0.3 is 0 Å². The highest BCUT2D eigenvalue weighted by molar-refractivity contribution is 5.95. The first-order valence-electron chi connectivity index (χ1n) is 7.71. The largest absolute Gasteiger partial charge is 0.497 e. The Bertz CT molecular complexity index is 636. The van der Waals surface area contributed by atoms with Crippen molar-refractivity contribution in [3.63, 3.8) is 0 Å². The third-order valence-corrected chi connectivity index (χ3v) is 4.93. The van der Waals surface area contributed by atoms with Gasteiger partial charge in [-0.3, -0.25) is 4.79 Å². The smallest absolute Gasteiger partial charge is 0.252 e. The van der Waals surface area contributed by atoms with Crippen molar-refractivity contribution < 1.29 is 9.53 Å². The molecule has 3 heterocycles. The van der Waals surface area contributed by atoms with Crippen LogP contribution in [-0.2, 0) is 11.2 Å². The molecule has 1 N–H and O–H groups in total. The monoisotopic (exact) mass is 284 g/mol. The molecule has 110 valence electrons. The van der Waals surface area contributed by atoms with Crippen molar-refractivity contribution in [1.82, 2.24) is 10.2 Å². The zero-order chi connectivity index (χ0) is 14.4. The predicted molar refractivity (Wildman–Crippen MR) is 80.0 cm³/mol. The third-order valence-electron chi connectivity index (χ3n) is 4.93. The van der Waals surface area contributed by atoms with Gasteiger partial charge in [-0.15, -0.1) is 0 Å². The van der Waals surface area contributed by atoms with E-state index >= 15 is 0 Å². The number of nitrogens with one attached hydrogen (secondary N) is 1. The first-order valence-corrected chi connectivity index (χ1v) is 7.71. The highest BCUT2D eigenvalue weighted by Crippen LogP contribution is 2.41.